The predicted octanol–water partition coefficient (Wildman–Crippen LogP) is 2.92. The molecule has 0 bridgehead atoms. The zero-order valence-electron chi connectivity index (χ0n) is 15.3. The molecular weight excluding hydrogens is 307 g/mol. The molecular formula is C19H29FN2O2. The van der Waals surface area contributed by atoms with Crippen LogP contribution in [0, 0.1) is 11.7 Å². The number of hydrogen-bond acceptors (Lipinski definition) is 3. The first-order valence-electron chi connectivity index (χ1n) is 8.67. The van der Waals surface area contributed by atoms with Crippen molar-refractivity contribution in [3.8, 4) is 0 Å². The molecule has 24 heavy (non-hydrogen) atoms. The summed E-state index contributed by atoms with van der Waals surface area (Å²) >= 11 is 0. The zero-order chi connectivity index (χ0) is 17.9. The molecule has 1 saturated heterocycles. The Morgan fingerprint density at radius 3 is 2.42 bits per heavy atom. The van der Waals surface area contributed by atoms with Gasteiger partial charge in [-0.1, -0.05) is 32.0 Å². The summed E-state index contributed by atoms with van der Waals surface area (Å²) in [6.07, 6.45) is 0.222. The lowest BCUT2D eigenvalue weighted by atomic mass is 9.99. The maximum Gasteiger partial charge on any atom is 0.240 e. The Balaban J connectivity index is 2.12. The van der Waals surface area contributed by atoms with Crippen molar-refractivity contribution in [2.24, 2.45) is 5.92 Å². The molecule has 4 nitrogen and oxygen atoms in total. The first-order chi connectivity index (χ1) is 11.3. The second kappa shape index (κ2) is 8.08. The van der Waals surface area contributed by atoms with Gasteiger partial charge in [0, 0.05) is 32.2 Å². The fourth-order valence-corrected chi connectivity index (χ4v) is 3.49. The molecule has 1 fully saturated rings. The van der Waals surface area contributed by atoms with E-state index in [4.69, 9.17) is 4.74 Å². The van der Waals surface area contributed by atoms with E-state index in [0.29, 0.717) is 5.56 Å². The van der Waals surface area contributed by atoms with Crippen LogP contribution in [0.5, 0.6) is 0 Å². The number of hydrogen-bond donors (Lipinski definition) is 0. The maximum atomic E-state index is 13.9. The van der Waals surface area contributed by atoms with Gasteiger partial charge in [0.2, 0.25) is 5.91 Å². The molecule has 5 heteroatoms. The minimum absolute atomic E-state index is 0.0366. The van der Waals surface area contributed by atoms with Gasteiger partial charge >= 0.3 is 0 Å². The molecule has 0 aliphatic carbocycles. The highest BCUT2D eigenvalue weighted by atomic mass is 19.1. The Morgan fingerprint density at radius 1 is 1.29 bits per heavy atom. The topological polar surface area (TPSA) is 32.8 Å². The molecule has 1 aromatic rings. The molecule has 3 unspecified atom stereocenters. The second-order valence-electron chi connectivity index (χ2n) is 7.19. The molecule has 134 valence electrons. The van der Waals surface area contributed by atoms with Crippen LogP contribution in [0.4, 0.5) is 4.39 Å². The van der Waals surface area contributed by atoms with E-state index in [1.165, 1.54) is 6.07 Å². The van der Waals surface area contributed by atoms with Crippen LogP contribution in [0.2, 0.25) is 0 Å². The third-order valence-corrected chi connectivity index (χ3v) is 4.47. The summed E-state index contributed by atoms with van der Waals surface area (Å²) in [5.41, 5.74) is 0.541. The first kappa shape index (κ1) is 18.9. The van der Waals surface area contributed by atoms with Crippen molar-refractivity contribution < 1.29 is 13.9 Å². The van der Waals surface area contributed by atoms with Gasteiger partial charge in [0.25, 0.3) is 0 Å². The van der Waals surface area contributed by atoms with Crippen LogP contribution >= 0.6 is 0 Å². The number of amides is 1. The van der Waals surface area contributed by atoms with Gasteiger partial charge in [0.15, 0.2) is 0 Å². The number of likely N-dealkylation sites (N-methyl/N-ethyl adjacent to an activating group) is 1. The fourth-order valence-electron chi connectivity index (χ4n) is 3.49. The summed E-state index contributed by atoms with van der Waals surface area (Å²) < 4.78 is 19.6. The number of carbonyl (C=O) groups is 1. The monoisotopic (exact) mass is 336 g/mol. The molecule has 0 N–H and O–H groups in total. The Hall–Kier alpha value is -1.46. The number of morpholine rings is 1. The summed E-state index contributed by atoms with van der Waals surface area (Å²) in [6.45, 7) is 9.96. The van der Waals surface area contributed by atoms with Gasteiger partial charge in [-0.25, -0.2) is 4.39 Å². The van der Waals surface area contributed by atoms with E-state index in [-0.39, 0.29) is 42.4 Å². The zero-order valence-corrected chi connectivity index (χ0v) is 15.3. The highest BCUT2D eigenvalue weighted by Gasteiger charge is 2.35. The lowest BCUT2D eigenvalue weighted by Gasteiger charge is -2.42. The largest absolute Gasteiger partial charge is 0.373 e. The molecule has 0 radical (unpaired) electrons. The van der Waals surface area contributed by atoms with Crippen molar-refractivity contribution in [2.45, 2.75) is 52.5 Å². The van der Waals surface area contributed by atoms with Gasteiger partial charge < -0.3 is 9.64 Å². The van der Waals surface area contributed by atoms with E-state index in [0.717, 1.165) is 13.1 Å². The summed E-state index contributed by atoms with van der Waals surface area (Å²) in [4.78, 5) is 16.9. The Bertz CT molecular complexity index is 554. The molecule has 1 aliphatic rings. The van der Waals surface area contributed by atoms with E-state index in [2.05, 4.69) is 18.7 Å². The number of rotatable bonds is 5. The molecule has 1 heterocycles. The van der Waals surface area contributed by atoms with Crippen LogP contribution < -0.4 is 0 Å². The smallest absolute Gasteiger partial charge is 0.240 e. The average molecular weight is 336 g/mol. The average Bonchev–Trinajstić information content (AvgIpc) is 2.48. The lowest BCUT2D eigenvalue weighted by Crippen LogP contribution is -2.57. The molecule has 3 atom stereocenters. The van der Waals surface area contributed by atoms with Crippen molar-refractivity contribution in [1.82, 2.24) is 9.80 Å². The van der Waals surface area contributed by atoms with Crippen molar-refractivity contribution in [1.29, 1.82) is 0 Å². The van der Waals surface area contributed by atoms with Gasteiger partial charge in [-0.3, -0.25) is 9.69 Å². The van der Waals surface area contributed by atoms with E-state index in [1.807, 2.05) is 13.8 Å². The Morgan fingerprint density at radius 2 is 1.88 bits per heavy atom. The summed E-state index contributed by atoms with van der Waals surface area (Å²) in [5, 5.41) is 0. The van der Waals surface area contributed by atoms with Gasteiger partial charge in [-0.2, -0.15) is 0 Å². The minimum Gasteiger partial charge on any atom is -0.373 e. The normalized spacial score (nSPS) is 23.3. The van der Waals surface area contributed by atoms with Crippen LogP contribution in [0.25, 0.3) is 0 Å². The van der Waals surface area contributed by atoms with Gasteiger partial charge in [-0.15, -0.1) is 0 Å². The number of halogens is 1. The molecule has 0 saturated carbocycles. The molecule has 1 amide bonds. The molecule has 1 aromatic carbocycles. The fraction of sp³-hybridized carbons (Fsp3) is 0.632. The molecule has 1 aliphatic heterocycles. The third-order valence-electron chi connectivity index (χ3n) is 4.47. The highest BCUT2D eigenvalue weighted by molar-refractivity contribution is 5.82. The van der Waals surface area contributed by atoms with Crippen molar-refractivity contribution in [2.75, 3.05) is 20.1 Å². The van der Waals surface area contributed by atoms with Crippen molar-refractivity contribution >= 4 is 5.91 Å². The van der Waals surface area contributed by atoms with Crippen molar-refractivity contribution in [3.63, 3.8) is 0 Å². The van der Waals surface area contributed by atoms with E-state index < -0.39 is 0 Å². The molecule has 0 spiro atoms. The highest BCUT2D eigenvalue weighted by Crippen LogP contribution is 2.21. The predicted molar refractivity (Wildman–Crippen MR) is 93.1 cm³/mol. The maximum absolute atomic E-state index is 13.9. The Labute approximate surface area is 144 Å². The number of benzene rings is 1. The van der Waals surface area contributed by atoms with Gasteiger partial charge in [0.05, 0.1) is 18.2 Å². The van der Waals surface area contributed by atoms with E-state index >= 15 is 0 Å². The van der Waals surface area contributed by atoms with Crippen LogP contribution in [0.3, 0.4) is 0 Å². The quantitative estimate of drug-likeness (QED) is 0.829. The third kappa shape index (κ3) is 4.54. The number of nitrogens with zero attached hydrogens (tertiary/aromatic N) is 2. The van der Waals surface area contributed by atoms with Crippen LogP contribution in [0.15, 0.2) is 24.3 Å². The minimum atomic E-state index is -0.271. The second-order valence-corrected chi connectivity index (χ2v) is 7.19. The van der Waals surface area contributed by atoms with E-state index in [1.54, 1.807) is 30.1 Å². The van der Waals surface area contributed by atoms with Crippen molar-refractivity contribution in [3.05, 3.63) is 35.6 Å². The summed E-state index contributed by atoms with van der Waals surface area (Å²) in [5.74, 6) is -0.0560. The van der Waals surface area contributed by atoms with Crippen LogP contribution in [-0.2, 0) is 16.1 Å². The standard InChI is InChI=1S/C19H29FN2O2/c1-13(2)18(22-10-14(3)24-15(4)11-22)19(23)21(5)12-16-8-6-7-9-17(16)20/h6-9,13-15,18H,10-12H2,1-5H3. The summed E-state index contributed by atoms with van der Waals surface area (Å²) in [6, 6.07) is 6.40. The Kier molecular flexibility index (Phi) is 6.35. The number of carbonyl (C=O) groups excluding carboxylic acids is 1. The molecule has 2 rings (SSSR count). The van der Waals surface area contributed by atoms with E-state index in [9.17, 15) is 9.18 Å². The SMILES string of the molecule is CC1CN(C(C(=O)N(C)Cc2ccccc2F)C(C)C)CC(C)O1. The van der Waals surface area contributed by atoms with Crippen LogP contribution in [0.1, 0.15) is 33.3 Å². The summed E-state index contributed by atoms with van der Waals surface area (Å²) in [7, 11) is 1.75. The number of ether oxygens (including phenoxy) is 1. The lowest BCUT2D eigenvalue weighted by molar-refractivity contribution is -0.144. The molecule has 0 aromatic heterocycles. The van der Waals surface area contributed by atoms with Crippen LogP contribution in [-0.4, -0.2) is 54.1 Å². The van der Waals surface area contributed by atoms with Gasteiger partial charge in [-0.05, 0) is 25.8 Å². The first-order valence-corrected chi connectivity index (χ1v) is 8.67. The van der Waals surface area contributed by atoms with Gasteiger partial charge in [0.1, 0.15) is 5.82 Å².